The summed E-state index contributed by atoms with van der Waals surface area (Å²) in [6.45, 7) is -0.336. The number of halogens is 5. The predicted molar refractivity (Wildman–Crippen MR) is 76.9 cm³/mol. The van der Waals surface area contributed by atoms with E-state index >= 15 is 0 Å². The second-order valence-electron chi connectivity index (χ2n) is 5.33. The molecule has 0 aliphatic heterocycles. The molecule has 1 N–H and O–H groups in total. The van der Waals surface area contributed by atoms with Crippen LogP contribution in [0.4, 0.5) is 17.6 Å². The third-order valence-corrected chi connectivity index (χ3v) is 5.24. The number of aliphatic hydroxyl groups is 1. The lowest BCUT2D eigenvalue weighted by atomic mass is 9.85. The molecule has 0 bridgehead atoms. The van der Waals surface area contributed by atoms with E-state index in [1.165, 1.54) is 0 Å². The van der Waals surface area contributed by atoms with E-state index < -0.39 is 40.4 Å². The first kappa shape index (κ1) is 18.9. The molecular weight excluding hydrogens is 407 g/mol. The van der Waals surface area contributed by atoms with Crippen molar-refractivity contribution in [2.75, 3.05) is 6.67 Å². The Morgan fingerprint density at radius 3 is 2.29 bits per heavy atom. The van der Waals surface area contributed by atoms with E-state index in [1.54, 1.807) is 29.5 Å². The fraction of sp³-hybridized carbons (Fsp3) is 0.923. The van der Waals surface area contributed by atoms with Crippen molar-refractivity contribution in [1.82, 2.24) is 0 Å². The molecule has 124 valence electrons. The highest BCUT2D eigenvalue weighted by Gasteiger charge is 2.62. The van der Waals surface area contributed by atoms with Crippen LogP contribution in [0.1, 0.15) is 39.0 Å². The summed E-state index contributed by atoms with van der Waals surface area (Å²) in [6.07, 6.45) is -4.57. The van der Waals surface area contributed by atoms with E-state index in [0.29, 0.717) is 32.1 Å². The lowest BCUT2D eigenvalue weighted by Crippen LogP contribution is -2.60. The van der Waals surface area contributed by atoms with Crippen LogP contribution in [0, 0.1) is 5.92 Å². The fourth-order valence-corrected chi connectivity index (χ4v) is 2.67. The van der Waals surface area contributed by atoms with Crippen molar-refractivity contribution in [2.45, 2.75) is 60.8 Å². The molecule has 21 heavy (non-hydrogen) atoms. The summed E-state index contributed by atoms with van der Waals surface area (Å²) in [4.78, 5) is 11.8. The molecule has 0 aromatic carbocycles. The molecule has 0 heterocycles. The molecule has 0 aromatic rings. The number of carbonyl (C=O) groups excluding carboxylic acids is 1. The summed E-state index contributed by atoms with van der Waals surface area (Å²) in [7, 11) is 0. The second kappa shape index (κ2) is 7.43. The highest BCUT2D eigenvalue weighted by molar-refractivity contribution is 14.1. The summed E-state index contributed by atoms with van der Waals surface area (Å²) in [6, 6.07) is 0. The molecule has 1 aliphatic rings. The maximum atomic E-state index is 13.1. The Hall–Kier alpha value is -0.120. The largest absolute Gasteiger partial charge is 0.458 e. The Labute approximate surface area is 134 Å². The van der Waals surface area contributed by atoms with Crippen LogP contribution in [0.2, 0.25) is 0 Å². The predicted octanol–water partition coefficient (Wildman–Crippen LogP) is 3.56. The van der Waals surface area contributed by atoms with Crippen LogP contribution in [0.3, 0.4) is 0 Å². The van der Waals surface area contributed by atoms with Gasteiger partial charge in [0.05, 0.1) is 0 Å². The molecule has 1 aliphatic carbocycles. The second-order valence-corrected chi connectivity index (χ2v) is 6.84. The topological polar surface area (TPSA) is 46.5 Å². The van der Waals surface area contributed by atoms with Gasteiger partial charge in [-0.15, -0.1) is 0 Å². The van der Waals surface area contributed by atoms with Crippen LogP contribution < -0.4 is 0 Å². The Morgan fingerprint density at radius 2 is 1.90 bits per heavy atom. The van der Waals surface area contributed by atoms with Crippen LogP contribution in [0.25, 0.3) is 0 Å². The lowest BCUT2D eigenvalue weighted by Gasteiger charge is -2.38. The molecule has 1 rings (SSSR count). The van der Waals surface area contributed by atoms with Gasteiger partial charge in [-0.3, -0.25) is 4.79 Å². The number of hydrogen-bond acceptors (Lipinski definition) is 3. The van der Waals surface area contributed by atoms with Crippen LogP contribution in [0.15, 0.2) is 0 Å². The van der Waals surface area contributed by atoms with Crippen LogP contribution in [-0.4, -0.2) is 39.6 Å². The minimum absolute atomic E-state index is 0.383. The molecule has 3 unspecified atom stereocenters. The average Bonchev–Trinajstić information content (AvgIpc) is 2.95. The maximum Gasteiger partial charge on any atom is 0.423 e. The van der Waals surface area contributed by atoms with E-state index in [4.69, 9.17) is 4.74 Å². The third-order valence-electron chi connectivity index (χ3n) is 3.85. The normalized spacial score (nSPS) is 22.6. The van der Waals surface area contributed by atoms with E-state index in [9.17, 15) is 27.5 Å². The molecule has 1 saturated carbocycles. The number of rotatable bonds is 6. The van der Waals surface area contributed by atoms with Gasteiger partial charge < -0.3 is 9.84 Å². The van der Waals surface area contributed by atoms with Gasteiger partial charge >= 0.3 is 12.1 Å². The first-order valence-corrected chi connectivity index (χ1v) is 8.11. The van der Waals surface area contributed by atoms with Crippen LogP contribution >= 0.6 is 22.6 Å². The molecule has 3 nitrogen and oxygen atoms in total. The fourth-order valence-electron chi connectivity index (χ4n) is 2.52. The van der Waals surface area contributed by atoms with Gasteiger partial charge in [0.2, 0.25) is 5.60 Å². The Bertz CT molecular complexity index is 358. The standard InChI is InChI=1S/C13H19F4IO3/c1-2-9(18)11(19)21-10(8-5-3-4-6-8)12(20,7-14)13(15,16)17/h8-10,20H,2-7H2,1H3. The highest BCUT2D eigenvalue weighted by Crippen LogP contribution is 2.42. The Morgan fingerprint density at radius 1 is 1.38 bits per heavy atom. The van der Waals surface area contributed by atoms with Gasteiger partial charge in [-0.05, 0) is 25.2 Å². The summed E-state index contributed by atoms with van der Waals surface area (Å²) in [5, 5.41) is 9.80. The maximum absolute atomic E-state index is 13.1. The SMILES string of the molecule is CCC(I)C(=O)OC(C1CCCC1)C(O)(CF)C(F)(F)F. The number of carbonyl (C=O) groups is 1. The monoisotopic (exact) mass is 426 g/mol. The van der Waals surface area contributed by atoms with Crippen molar-refractivity contribution >= 4 is 28.6 Å². The number of esters is 1. The molecular formula is C13H19F4IO3. The minimum atomic E-state index is -5.19. The van der Waals surface area contributed by atoms with E-state index in [0.717, 1.165) is 0 Å². The zero-order valence-electron chi connectivity index (χ0n) is 11.6. The van der Waals surface area contributed by atoms with Gasteiger partial charge in [-0.1, -0.05) is 42.4 Å². The molecule has 0 aromatic heterocycles. The van der Waals surface area contributed by atoms with E-state index in [1.807, 2.05) is 0 Å². The van der Waals surface area contributed by atoms with Gasteiger partial charge in [-0.2, -0.15) is 13.2 Å². The van der Waals surface area contributed by atoms with Gasteiger partial charge in [-0.25, -0.2) is 4.39 Å². The van der Waals surface area contributed by atoms with Gasteiger partial charge in [0.25, 0.3) is 0 Å². The lowest BCUT2D eigenvalue weighted by molar-refractivity contribution is -0.303. The van der Waals surface area contributed by atoms with Crippen molar-refractivity contribution in [2.24, 2.45) is 5.92 Å². The van der Waals surface area contributed by atoms with Crippen molar-refractivity contribution in [3.63, 3.8) is 0 Å². The smallest absolute Gasteiger partial charge is 0.423 e. The molecule has 0 radical (unpaired) electrons. The van der Waals surface area contributed by atoms with Crippen molar-refractivity contribution < 1.29 is 32.2 Å². The van der Waals surface area contributed by atoms with Crippen molar-refractivity contribution in [1.29, 1.82) is 0 Å². The highest BCUT2D eigenvalue weighted by atomic mass is 127. The summed E-state index contributed by atoms with van der Waals surface area (Å²) in [5.74, 6) is -1.51. The van der Waals surface area contributed by atoms with Crippen LogP contribution in [0.5, 0.6) is 0 Å². The molecule has 0 spiro atoms. The van der Waals surface area contributed by atoms with E-state index in [-0.39, 0.29) is 0 Å². The molecule has 1 fully saturated rings. The minimum Gasteiger partial charge on any atom is -0.458 e. The molecule has 8 heteroatoms. The van der Waals surface area contributed by atoms with Crippen molar-refractivity contribution in [3.05, 3.63) is 0 Å². The number of hydrogen-bond donors (Lipinski definition) is 1. The van der Waals surface area contributed by atoms with E-state index in [2.05, 4.69) is 0 Å². The number of ether oxygens (including phenoxy) is 1. The Kier molecular flexibility index (Phi) is 6.70. The first-order chi connectivity index (χ1) is 9.67. The molecule has 0 amide bonds. The quantitative estimate of drug-likeness (QED) is 0.306. The number of alkyl halides is 5. The Balaban J connectivity index is 3.04. The summed E-state index contributed by atoms with van der Waals surface area (Å²) >= 11 is 1.76. The molecule has 0 saturated heterocycles. The zero-order chi connectivity index (χ0) is 16.3. The van der Waals surface area contributed by atoms with Crippen molar-refractivity contribution in [3.8, 4) is 0 Å². The average molecular weight is 426 g/mol. The van der Waals surface area contributed by atoms with Crippen LogP contribution in [-0.2, 0) is 9.53 Å². The summed E-state index contributed by atoms with van der Waals surface area (Å²) in [5.41, 5.74) is -3.64. The van der Waals surface area contributed by atoms with Gasteiger partial charge in [0.15, 0.2) is 0 Å². The third kappa shape index (κ3) is 4.20. The molecule has 3 atom stereocenters. The summed E-state index contributed by atoms with van der Waals surface area (Å²) < 4.78 is 56.5. The van der Waals surface area contributed by atoms with Gasteiger partial charge in [0.1, 0.15) is 16.7 Å². The first-order valence-electron chi connectivity index (χ1n) is 6.87. The zero-order valence-corrected chi connectivity index (χ0v) is 13.8. The van der Waals surface area contributed by atoms with Gasteiger partial charge in [0, 0.05) is 0 Å².